The van der Waals surface area contributed by atoms with Crippen LogP contribution < -0.4 is 5.32 Å². The lowest BCUT2D eigenvalue weighted by Crippen LogP contribution is -2.29. The summed E-state index contributed by atoms with van der Waals surface area (Å²) in [5, 5.41) is 19.1. The van der Waals surface area contributed by atoms with Crippen molar-refractivity contribution >= 4 is 34.4 Å². The molecule has 2 heterocycles. The van der Waals surface area contributed by atoms with Crippen LogP contribution in [0.5, 0.6) is 0 Å². The minimum atomic E-state index is -1.82. The van der Waals surface area contributed by atoms with Gasteiger partial charge < -0.3 is 25.4 Å². The molecule has 1 fully saturated rings. The van der Waals surface area contributed by atoms with Gasteiger partial charge in [-0.1, -0.05) is 30.3 Å². The molecule has 0 spiro atoms. The molecule has 1 aliphatic rings. The Morgan fingerprint density at radius 2 is 1.69 bits per heavy atom. The van der Waals surface area contributed by atoms with E-state index in [1.165, 1.54) is 23.8 Å². The number of benzene rings is 2. The molecule has 1 saturated heterocycles. The summed E-state index contributed by atoms with van der Waals surface area (Å²) in [6.07, 6.45) is 4.92. The molecule has 2 aromatic carbocycles. The molecule has 4 N–H and O–H groups in total. The van der Waals surface area contributed by atoms with Gasteiger partial charge in [-0.25, -0.2) is 9.59 Å². The number of aliphatic carboxylic acids is 2. The molecule has 168 valence electrons. The fourth-order valence-corrected chi connectivity index (χ4v) is 3.86. The van der Waals surface area contributed by atoms with E-state index >= 15 is 0 Å². The molecule has 1 amide bonds. The minimum absolute atomic E-state index is 0.0203. The van der Waals surface area contributed by atoms with Crippen LogP contribution in [-0.2, 0) is 20.8 Å². The Balaban J connectivity index is 0.000000427. The summed E-state index contributed by atoms with van der Waals surface area (Å²) < 4.78 is 0. The van der Waals surface area contributed by atoms with Crippen LogP contribution in [0.2, 0.25) is 0 Å². The van der Waals surface area contributed by atoms with Crippen molar-refractivity contribution in [2.24, 2.45) is 0 Å². The predicted molar refractivity (Wildman–Crippen MR) is 122 cm³/mol. The lowest BCUT2D eigenvalue weighted by molar-refractivity contribution is -0.159. The van der Waals surface area contributed by atoms with Crippen molar-refractivity contribution in [3.05, 3.63) is 65.9 Å². The van der Waals surface area contributed by atoms with Gasteiger partial charge in [0.25, 0.3) is 0 Å². The molecule has 0 unspecified atom stereocenters. The number of piperidine rings is 1. The monoisotopic (exact) mass is 437 g/mol. The molecule has 32 heavy (non-hydrogen) atoms. The van der Waals surface area contributed by atoms with Gasteiger partial charge in [0.05, 0.1) is 6.42 Å². The molecule has 8 nitrogen and oxygen atoms in total. The van der Waals surface area contributed by atoms with Gasteiger partial charge >= 0.3 is 11.9 Å². The lowest BCUT2D eigenvalue weighted by Gasteiger charge is -2.28. The number of hydrogen-bond donors (Lipinski definition) is 4. The number of aromatic amines is 1. The van der Waals surface area contributed by atoms with Crippen molar-refractivity contribution in [1.82, 2.24) is 9.88 Å². The summed E-state index contributed by atoms with van der Waals surface area (Å²) in [5.41, 5.74) is 4.42. The predicted octanol–water partition coefficient (Wildman–Crippen LogP) is 3.31. The van der Waals surface area contributed by atoms with E-state index in [-0.39, 0.29) is 5.91 Å². The van der Waals surface area contributed by atoms with Gasteiger partial charge in [-0.3, -0.25) is 4.79 Å². The molecule has 1 aromatic heterocycles. The summed E-state index contributed by atoms with van der Waals surface area (Å²) >= 11 is 0. The van der Waals surface area contributed by atoms with Crippen LogP contribution >= 0.6 is 0 Å². The van der Waals surface area contributed by atoms with Crippen molar-refractivity contribution in [3.8, 4) is 0 Å². The van der Waals surface area contributed by atoms with Crippen LogP contribution in [0.4, 0.5) is 5.69 Å². The molecule has 4 rings (SSSR count). The zero-order chi connectivity index (χ0) is 23.1. The summed E-state index contributed by atoms with van der Waals surface area (Å²) in [5.74, 6) is -3.04. The number of fused-ring (bicyclic) bond motifs is 1. The third-order valence-electron chi connectivity index (χ3n) is 5.55. The van der Waals surface area contributed by atoms with Crippen molar-refractivity contribution in [2.45, 2.75) is 25.2 Å². The smallest absolute Gasteiger partial charge is 0.414 e. The molecule has 0 aliphatic carbocycles. The number of carbonyl (C=O) groups excluding carboxylic acids is 1. The number of aromatic nitrogens is 1. The van der Waals surface area contributed by atoms with Crippen molar-refractivity contribution < 1.29 is 24.6 Å². The SMILES string of the molecule is CN1CCC(c2c[nH]c3ccc(NC(=O)Cc4ccccc4)cc23)CC1.O=C(O)C(=O)O. The lowest BCUT2D eigenvalue weighted by atomic mass is 9.89. The Morgan fingerprint density at radius 3 is 2.31 bits per heavy atom. The van der Waals surface area contributed by atoms with Crippen LogP contribution in [-0.4, -0.2) is 58.1 Å². The number of H-pyrrole nitrogens is 1. The molecular formula is C24H27N3O5. The van der Waals surface area contributed by atoms with Crippen LogP contribution in [0.1, 0.15) is 29.9 Å². The van der Waals surface area contributed by atoms with Crippen LogP contribution in [0.3, 0.4) is 0 Å². The number of nitrogens with zero attached hydrogens (tertiary/aromatic N) is 1. The maximum atomic E-state index is 12.4. The van der Waals surface area contributed by atoms with Gasteiger partial charge in [0, 0.05) is 22.8 Å². The number of carboxylic acids is 2. The number of amides is 1. The fraction of sp³-hybridized carbons (Fsp3) is 0.292. The molecule has 0 saturated carbocycles. The Bertz CT molecular complexity index is 1070. The highest BCUT2D eigenvalue weighted by Gasteiger charge is 2.21. The first kappa shape index (κ1) is 23.0. The third kappa shape index (κ3) is 6.18. The van der Waals surface area contributed by atoms with E-state index in [1.54, 1.807) is 0 Å². The van der Waals surface area contributed by atoms with Gasteiger partial charge in [0.2, 0.25) is 5.91 Å². The van der Waals surface area contributed by atoms with Crippen molar-refractivity contribution in [3.63, 3.8) is 0 Å². The Labute approximate surface area is 185 Å². The second-order valence-electron chi connectivity index (χ2n) is 7.90. The first-order valence-corrected chi connectivity index (χ1v) is 10.4. The van der Waals surface area contributed by atoms with Gasteiger partial charge in [-0.15, -0.1) is 0 Å². The number of likely N-dealkylation sites (tertiary alicyclic amines) is 1. The van der Waals surface area contributed by atoms with E-state index in [0.717, 1.165) is 29.9 Å². The van der Waals surface area contributed by atoms with E-state index in [9.17, 15) is 4.79 Å². The largest absolute Gasteiger partial charge is 0.473 e. The van der Waals surface area contributed by atoms with Gasteiger partial charge in [0.1, 0.15) is 0 Å². The Kier molecular flexibility index (Phi) is 7.62. The third-order valence-corrected chi connectivity index (χ3v) is 5.55. The maximum Gasteiger partial charge on any atom is 0.414 e. The van der Waals surface area contributed by atoms with Crippen LogP contribution in [0, 0.1) is 0 Å². The number of anilines is 1. The maximum absolute atomic E-state index is 12.4. The number of nitrogens with one attached hydrogen (secondary N) is 2. The Morgan fingerprint density at radius 1 is 1.03 bits per heavy atom. The standard InChI is InChI=1S/C22H25N3O.C2H2O4/c1-25-11-9-17(10-12-25)20-15-23-21-8-7-18(14-19(20)21)24-22(26)13-16-5-3-2-4-6-16;3-1(4)2(5)6/h2-8,14-15,17,23H,9-13H2,1H3,(H,24,26);(H,3,4)(H,5,6). The molecular weight excluding hydrogens is 410 g/mol. The molecule has 0 atom stereocenters. The highest BCUT2D eigenvalue weighted by molar-refractivity contribution is 6.27. The molecule has 1 aliphatic heterocycles. The highest BCUT2D eigenvalue weighted by atomic mass is 16.4. The highest BCUT2D eigenvalue weighted by Crippen LogP contribution is 2.34. The summed E-state index contributed by atoms with van der Waals surface area (Å²) in [6, 6.07) is 16.0. The normalized spacial score (nSPS) is 14.4. The number of rotatable bonds is 4. The first-order valence-electron chi connectivity index (χ1n) is 10.4. The second-order valence-corrected chi connectivity index (χ2v) is 7.90. The van der Waals surface area contributed by atoms with Crippen molar-refractivity contribution in [2.75, 3.05) is 25.5 Å². The number of carboxylic acid groups (broad SMARTS) is 2. The zero-order valence-corrected chi connectivity index (χ0v) is 17.9. The van der Waals surface area contributed by atoms with Crippen LogP contribution in [0.15, 0.2) is 54.7 Å². The fourth-order valence-electron chi connectivity index (χ4n) is 3.86. The zero-order valence-electron chi connectivity index (χ0n) is 17.9. The number of hydrogen-bond acceptors (Lipinski definition) is 4. The second kappa shape index (κ2) is 10.6. The molecule has 0 radical (unpaired) electrons. The van der Waals surface area contributed by atoms with Gasteiger partial charge in [0.15, 0.2) is 0 Å². The molecule has 3 aromatic rings. The van der Waals surface area contributed by atoms with Gasteiger partial charge in [-0.2, -0.15) is 0 Å². The summed E-state index contributed by atoms with van der Waals surface area (Å²) in [4.78, 5) is 36.3. The first-order chi connectivity index (χ1) is 15.3. The topological polar surface area (TPSA) is 123 Å². The quantitative estimate of drug-likeness (QED) is 0.465. The summed E-state index contributed by atoms with van der Waals surface area (Å²) in [6.45, 7) is 2.29. The van der Waals surface area contributed by atoms with E-state index in [0.29, 0.717) is 12.3 Å². The van der Waals surface area contributed by atoms with E-state index in [1.807, 2.05) is 36.4 Å². The van der Waals surface area contributed by atoms with E-state index < -0.39 is 11.9 Å². The van der Waals surface area contributed by atoms with E-state index in [4.69, 9.17) is 19.8 Å². The minimum Gasteiger partial charge on any atom is -0.473 e. The molecule has 8 heteroatoms. The van der Waals surface area contributed by atoms with Gasteiger partial charge in [-0.05, 0) is 68.2 Å². The summed E-state index contributed by atoms with van der Waals surface area (Å²) in [7, 11) is 2.19. The number of carbonyl (C=O) groups is 3. The Hall–Kier alpha value is -3.65. The molecule has 0 bridgehead atoms. The average Bonchev–Trinajstić information content (AvgIpc) is 3.18. The van der Waals surface area contributed by atoms with Crippen molar-refractivity contribution in [1.29, 1.82) is 0 Å². The van der Waals surface area contributed by atoms with E-state index in [2.05, 4.69) is 40.6 Å². The average molecular weight is 437 g/mol. The van der Waals surface area contributed by atoms with Crippen LogP contribution in [0.25, 0.3) is 10.9 Å².